The molecule has 2 saturated heterocycles. The Kier molecular flexibility index (Phi) is 11.9. The first-order valence-electron chi connectivity index (χ1n) is 20.6. The van der Waals surface area contributed by atoms with Gasteiger partial charge in [0.25, 0.3) is 0 Å². The summed E-state index contributed by atoms with van der Waals surface area (Å²) in [7, 11) is 1.88. The molecular formula is C45H48ClF2N7O6. The first-order chi connectivity index (χ1) is 29.4. The SMILES string of the molecule is C[C@H]1c2c(cc(F)c(Cl)c2-c2c(C(N)=O)ccc(OCCO)c2F)O[C@]1(CNCCC[C@H]1CCCN(c2cccc3c(N4CCC(=O)NC4=O)nn(C)c23)C1)c1ccccc1. The third kappa shape index (κ3) is 7.74. The highest BCUT2D eigenvalue weighted by Gasteiger charge is 2.50. The van der Waals surface area contributed by atoms with Crippen LogP contribution in [0.15, 0.2) is 66.7 Å². The zero-order chi connectivity index (χ0) is 43.0. The standard InChI is InChI=1S/C45H48ClF2N7O6/c1-26-36-34(23-31(47)39(46)38(36)37-29(42(49)58)15-16-33(40(37)48)60-22-21-56)61-45(26,28-11-4-3-5-12-28)25-50-18-7-9-27-10-8-19-54(24-27)32-14-6-13-30-41(32)53(2)52-43(30)55-20-17-35(57)51-44(55)59/h3-6,11-16,23,26-27,50,56H,7-10,17-22,24-25H2,1-2H3,(H2,49,58)(H,51,57,59)/t26-,27-,45-/m0/s1. The number of primary amides is 1. The molecule has 61 heavy (non-hydrogen) atoms. The minimum Gasteiger partial charge on any atom is -0.488 e. The number of imide groups is 1. The molecule has 0 radical (unpaired) electrons. The van der Waals surface area contributed by atoms with Gasteiger partial charge in [-0.05, 0) is 68.0 Å². The van der Waals surface area contributed by atoms with E-state index in [0.717, 1.165) is 60.9 Å². The van der Waals surface area contributed by atoms with Crippen molar-refractivity contribution in [3.8, 4) is 22.6 Å². The number of ether oxygens (including phenoxy) is 2. The van der Waals surface area contributed by atoms with Crippen LogP contribution in [-0.2, 0) is 17.4 Å². The largest absolute Gasteiger partial charge is 0.488 e. The molecule has 0 spiro atoms. The number of aromatic nitrogens is 2. The number of benzene rings is 4. The number of urea groups is 1. The number of fused-ring (bicyclic) bond motifs is 2. The van der Waals surface area contributed by atoms with Crippen molar-refractivity contribution in [1.29, 1.82) is 0 Å². The van der Waals surface area contributed by atoms with Crippen LogP contribution in [0.5, 0.6) is 11.5 Å². The summed E-state index contributed by atoms with van der Waals surface area (Å²) in [4.78, 5) is 41.2. The van der Waals surface area contributed by atoms with Gasteiger partial charge in [0.1, 0.15) is 18.2 Å². The number of para-hydroxylation sites is 1. The fraction of sp³-hybridized carbons (Fsp3) is 0.378. The van der Waals surface area contributed by atoms with Gasteiger partial charge in [0, 0.05) is 73.7 Å². The number of halogens is 3. The second kappa shape index (κ2) is 17.3. The predicted octanol–water partition coefficient (Wildman–Crippen LogP) is 6.77. The summed E-state index contributed by atoms with van der Waals surface area (Å²) >= 11 is 6.69. The molecule has 0 unspecified atom stereocenters. The number of aliphatic hydroxyl groups is 1. The van der Waals surface area contributed by atoms with Crippen LogP contribution in [0.3, 0.4) is 0 Å². The van der Waals surface area contributed by atoms with E-state index in [0.29, 0.717) is 30.4 Å². The molecule has 320 valence electrons. The van der Waals surface area contributed by atoms with E-state index in [1.54, 1.807) is 0 Å². The number of nitrogens with one attached hydrogen (secondary N) is 2. The molecule has 3 atom stereocenters. The maximum absolute atomic E-state index is 16.4. The van der Waals surface area contributed by atoms with Gasteiger partial charge in [0.15, 0.2) is 23.0 Å². The molecule has 0 aliphatic carbocycles. The van der Waals surface area contributed by atoms with Crippen molar-refractivity contribution in [1.82, 2.24) is 20.4 Å². The number of aryl methyl sites for hydroxylation is 1. The summed E-state index contributed by atoms with van der Waals surface area (Å²) in [5, 5.41) is 20.5. The second-order valence-corrected chi connectivity index (χ2v) is 16.3. The Labute approximate surface area is 356 Å². The lowest BCUT2D eigenvalue weighted by molar-refractivity contribution is -0.120. The van der Waals surface area contributed by atoms with Gasteiger partial charge in [-0.15, -0.1) is 0 Å². The minimum atomic E-state index is -1.07. The molecule has 2 fully saturated rings. The molecule has 5 N–H and O–H groups in total. The van der Waals surface area contributed by atoms with E-state index in [9.17, 15) is 19.5 Å². The Morgan fingerprint density at radius 3 is 2.67 bits per heavy atom. The summed E-state index contributed by atoms with van der Waals surface area (Å²) in [5.41, 5.74) is 7.33. The van der Waals surface area contributed by atoms with Crippen molar-refractivity contribution in [2.45, 2.75) is 50.5 Å². The smallest absolute Gasteiger partial charge is 0.329 e. The number of amides is 4. The number of anilines is 2. The number of aliphatic hydroxyl groups excluding tert-OH is 1. The second-order valence-electron chi connectivity index (χ2n) is 15.9. The van der Waals surface area contributed by atoms with Gasteiger partial charge in [0.05, 0.1) is 28.4 Å². The molecule has 0 bridgehead atoms. The van der Waals surface area contributed by atoms with Crippen LogP contribution in [0, 0.1) is 17.6 Å². The molecule has 4 heterocycles. The summed E-state index contributed by atoms with van der Waals surface area (Å²) in [6, 6.07) is 18.9. The van der Waals surface area contributed by atoms with E-state index in [-0.39, 0.29) is 65.3 Å². The average Bonchev–Trinajstić information content (AvgIpc) is 3.74. The number of rotatable bonds is 14. The molecule has 13 nitrogen and oxygen atoms in total. The summed E-state index contributed by atoms with van der Waals surface area (Å²) in [5.74, 6) is -2.71. The molecular weight excluding hydrogens is 808 g/mol. The average molecular weight is 856 g/mol. The number of nitrogens with zero attached hydrogens (tertiary/aromatic N) is 4. The van der Waals surface area contributed by atoms with Gasteiger partial charge in [-0.2, -0.15) is 5.10 Å². The zero-order valence-electron chi connectivity index (χ0n) is 34.0. The van der Waals surface area contributed by atoms with Crippen molar-refractivity contribution in [2.75, 3.05) is 55.7 Å². The van der Waals surface area contributed by atoms with Crippen molar-refractivity contribution in [3.63, 3.8) is 0 Å². The number of carbonyl (C=O) groups excluding carboxylic acids is 3. The molecule has 5 aromatic rings. The molecule has 0 saturated carbocycles. The number of nitrogens with two attached hydrogens (primary N) is 1. The molecule has 16 heteroatoms. The predicted molar refractivity (Wildman–Crippen MR) is 228 cm³/mol. The zero-order valence-corrected chi connectivity index (χ0v) is 34.7. The van der Waals surface area contributed by atoms with Crippen LogP contribution in [0.4, 0.5) is 25.1 Å². The minimum absolute atomic E-state index is 0.0453. The monoisotopic (exact) mass is 855 g/mol. The van der Waals surface area contributed by atoms with E-state index < -0.39 is 35.1 Å². The third-order valence-electron chi connectivity index (χ3n) is 12.2. The van der Waals surface area contributed by atoms with Gasteiger partial charge >= 0.3 is 6.03 Å². The third-order valence-corrected chi connectivity index (χ3v) is 12.6. The van der Waals surface area contributed by atoms with Crippen molar-refractivity contribution >= 4 is 51.9 Å². The van der Waals surface area contributed by atoms with Crippen LogP contribution in [0.25, 0.3) is 22.0 Å². The van der Waals surface area contributed by atoms with Gasteiger partial charge in [0.2, 0.25) is 11.8 Å². The highest BCUT2D eigenvalue weighted by molar-refractivity contribution is 6.34. The van der Waals surface area contributed by atoms with E-state index in [1.165, 1.54) is 23.1 Å². The molecule has 4 aromatic carbocycles. The van der Waals surface area contributed by atoms with Gasteiger partial charge in [-0.25, -0.2) is 13.6 Å². The van der Waals surface area contributed by atoms with Gasteiger partial charge < -0.3 is 30.5 Å². The highest BCUT2D eigenvalue weighted by Crippen LogP contribution is 2.56. The lowest BCUT2D eigenvalue weighted by Crippen LogP contribution is -2.49. The normalized spacial score (nSPS) is 20.2. The van der Waals surface area contributed by atoms with Crippen LogP contribution >= 0.6 is 11.6 Å². The van der Waals surface area contributed by atoms with Gasteiger partial charge in [-0.3, -0.25) is 24.5 Å². The Hall–Kier alpha value is -5.77. The van der Waals surface area contributed by atoms with Gasteiger partial charge in [-0.1, -0.05) is 54.9 Å². The topological polar surface area (TPSA) is 164 Å². The lowest BCUT2D eigenvalue weighted by atomic mass is 9.77. The Bertz CT molecular complexity index is 2500. The van der Waals surface area contributed by atoms with E-state index in [1.807, 2.05) is 61.1 Å². The number of piperidine rings is 1. The van der Waals surface area contributed by atoms with Crippen molar-refractivity contribution < 1.29 is 37.7 Å². The van der Waals surface area contributed by atoms with E-state index >= 15 is 8.78 Å². The van der Waals surface area contributed by atoms with Crippen LogP contribution in [0.1, 0.15) is 66.4 Å². The maximum Gasteiger partial charge on any atom is 0.329 e. The van der Waals surface area contributed by atoms with Crippen molar-refractivity contribution in [3.05, 3.63) is 100 Å². The molecule has 3 aliphatic rings. The van der Waals surface area contributed by atoms with Crippen LogP contribution < -0.4 is 35.6 Å². The summed E-state index contributed by atoms with van der Waals surface area (Å²) in [6.45, 7) is 4.32. The maximum atomic E-state index is 16.4. The fourth-order valence-electron chi connectivity index (χ4n) is 9.32. The lowest BCUT2D eigenvalue weighted by Gasteiger charge is -2.35. The Morgan fingerprint density at radius 2 is 1.92 bits per heavy atom. The molecule has 3 aliphatic heterocycles. The molecule has 1 aromatic heterocycles. The quantitative estimate of drug-likeness (QED) is 0.0884. The first kappa shape index (κ1) is 41.9. The number of carbonyl (C=O) groups is 3. The summed E-state index contributed by atoms with van der Waals surface area (Å²) < 4.78 is 46.2. The van der Waals surface area contributed by atoms with Crippen molar-refractivity contribution in [2.24, 2.45) is 18.7 Å². The van der Waals surface area contributed by atoms with Crippen LogP contribution in [0.2, 0.25) is 5.02 Å². The highest BCUT2D eigenvalue weighted by atomic mass is 35.5. The Morgan fingerprint density at radius 1 is 1.11 bits per heavy atom. The molecule has 4 amide bonds. The van der Waals surface area contributed by atoms with Crippen LogP contribution in [-0.4, -0.2) is 78.7 Å². The van der Waals surface area contributed by atoms with E-state index in [4.69, 9.17) is 31.9 Å². The first-order valence-corrected chi connectivity index (χ1v) is 21.0. The number of hydrogen-bond donors (Lipinski definition) is 4. The fourth-order valence-corrected chi connectivity index (χ4v) is 9.57. The summed E-state index contributed by atoms with van der Waals surface area (Å²) in [6.07, 6.45) is 4.15. The molecule has 8 rings (SSSR count). The Balaban J connectivity index is 0.999. The number of hydrogen-bond acceptors (Lipinski definition) is 9. The van der Waals surface area contributed by atoms with E-state index in [2.05, 4.69) is 21.6 Å².